The number of ketones is 1. The maximum atomic E-state index is 12.7. The summed E-state index contributed by atoms with van der Waals surface area (Å²) in [7, 11) is 0. The lowest BCUT2D eigenvalue weighted by atomic mass is 10.1. The van der Waals surface area contributed by atoms with Crippen LogP contribution >= 0.6 is 11.3 Å². The smallest absolute Gasteiger partial charge is 0.169 e. The number of aromatic nitrogens is 1. The number of benzene rings is 1. The molecule has 0 aliphatic heterocycles. The Morgan fingerprint density at radius 1 is 1.38 bits per heavy atom. The average molecular weight is 235 g/mol. The van der Waals surface area contributed by atoms with Gasteiger partial charge >= 0.3 is 0 Å². The number of thiazole rings is 1. The minimum atomic E-state index is -0.332. The van der Waals surface area contributed by atoms with Crippen molar-refractivity contribution in [2.45, 2.75) is 13.3 Å². The fourth-order valence-corrected chi connectivity index (χ4v) is 2.13. The van der Waals surface area contributed by atoms with Crippen molar-refractivity contribution in [2.24, 2.45) is 0 Å². The van der Waals surface area contributed by atoms with Gasteiger partial charge in [0.1, 0.15) is 10.8 Å². The first-order valence-corrected chi connectivity index (χ1v) is 5.73. The number of carbonyl (C=O) groups excluding carboxylic acids is 1. The van der Waals surface area contributed by atoms with Crippen LogP contribution in [0.15, 0.2) is 29.6 Å². The number of Topliss-reactive ketones (excluding diaryl/α,β-unsaturated/α-hetero) is 1. The van der Waals surface area contributed by atoms with Gasteiger partial charge in [0.05, 0.1) is 6.42 Å². The predicted octanol–water partition coefficient (Wildman–Crippen LogP) is 3.02. The average Bonchev–Trinajstić information content (AvgIpc) is 2.65. The minimum Gasteiger partial charge on any atom is -0.294 e. The Morgan fingerprint density at radius 3 is 2.62 bits per heavy atom. The summed E-state index contributed by atoms with van der Waals surface area (Å²) in [6.07, 6.45) is 0.282. The molecule has 0 N–H and O–H groups in total. The Bertz CT molecular complexity index is 504. The summed E-state index contributed by atoms with van der Waals surface area (Å²) < 4.78 is 12.7. The lowest BCUT2D eigenvalue weighted by Crippen LogP contribution is -2.03. The van der Waals surface area contributed by atoms with Crippen LogP contribution in [-0.2, 0) is 6.42 Å². The molecule has 0 radical (unpaired) electrons. The highest BCUT2D eigenvalue weighted by Gasteiger charge is 2.09. The summed E-state index contributed by atoms with van der Waals surface area (Å²) in [5.41, 5.74) is 1.45. The van der Waals surface area contributed by atoms with Crippen LogP contribution in [-0.4, -0.2) is 10.8 Å². The van der Waals surface area contributed by atoms with E-state index in [0.717, 1.165) is 10.7 Å². The topological polar surface area (TPSA) is 30.0 Å². The molecule has 82 valence electrons. The number of halogens is 1. The first kappa shape index (κ1) is 11.0. The Labute approximate surface area is 96.8 Å². The molecule has 2 aromatic rings. The zero-order chi connectivity index (χ0) is 11.5. The standard InChI is InChI=1S/C12H10FNOS/c1-8-7-16-12(14-8)6-11(15)9-2-4-10(13)5-3-9/h2-5,7H,6H2,1H3. The van der Waals surface area contributed by atoms with Gasteiger partial charge < -0.3 is 0 Å². The van der Waals surface area contributed by atoms with Crippen LogP contribution in [0.4, 0.5) is 4.39 Å². The molecule has 0 aliphatic carbocycles. The third kappa shape index (κ3) is 2.52. The third-order valence-electron chi connectivity index (χ3n) is 2.14. The predicted molar refractivity (Wildman–Crippen MR) is 61.3 cm³/mol. The minimum absolute atomic E-state index is 0.0330. The van der Waals surface area contributed by atoms with E-state index in [1.54, 1.807) is 0 Å². The molecule has 2 nitrogen and oxygen atoms in total. The van der Waals surface area contributed by atoms with E-state index in [9.17, 15) is 9.18 Å². The van der Waals surface area contributed by atoms with Gasteiger partial charge in [0.2, 0.25) is 0 Å². The van der Waals surface area contributed by atoms with Gasteiger partial charge in [-0.05, 0) is 31.2 Å². The summed E-state index contributed by atoms with van der Waals surface area (Å²) in [6.45, 7) is 1.89. The van der Waals surface area contributed by atoms with Crippen LogP contribution in [0.2, 0.25) is 0 Å². The number of hydrogen-bond donors (Lipinski definition) is 0. The van der Waals surface area contributed by atoms with Gasteiger partial charge in [0.15, 0.2) is 5.78 Å². The van der Waals surface area contributed by atoms with E-state index in [4.69, 9.17) is 0 Å². The second-order valence-corrected chi connectivity index (χ2v) is 4.43. The number of nitrogens with zero attached hydrogens (tertiary/aromatic N) is 1. The molecule has 0 saturated carbocycles. The van der Waals surface area contributed by atoms with Gasteiger partial charge in [-0.15, -0.1) is 11.3 Å². The molecule has 0 saturated heterocycles. The molecular formula is C12H10FNOS. The van der Waals surface area contributed by atoms with Crippen molar-refractivity contribution in [3.05, 3.63) is 51.7 Å². The van der Waals surface area contributed by atoms with E-state index in [2.05, 4.69) is 4.98 Å². The highest BCUT2D eigenvalue weighted by atomic mass is 32.1. The molecule has 0 bridgehead atoms. The Hall–Kier alpha value is -1.55. The van der Waals surface area contributed by atoms with E-state index >= 15 is 0 Å². The molecule has 2 rings (SSSR count). The Kier molecular flexibility index (Phi) is 3.10. The molecule has 0 fully saturated rings. The SMILES string of the molecule is Cc1csc(CC(=O)c2ccc(F)cc2)n1. The van der Waals surface area contributed by atoms with E-state index in [0.29, 0.717) is 5.56 Å². The number of hydrogen-bond acceptors (Lipinski definition) is 3. The molecule has 0 unspecified atom stereocenters. The summed E-state index contributed by atoms with van der Waals surface area (Å²) in [5, 5.41) is 2.71. The van der Waals surface area contributed by atoms with Gasteiger partial charge in [-0.1, -0.05) is 0 Å². The van der Waals surface area contributed by atoms with Gasteiger partial charge in [-0.25, -0.2) is 9.37 Å². The van der Waals surface area contributed by atoms with Gasteiger partial charge in [-0.2, -0.15) is 0 Å². The van der Waals surface area contributed by atoms with E-state index in [-0.39, 0.29) is 18.0 Å². The molecule has 0 atom stereocenters. The number of carbonyl (C=O) groups is 1. The monoisotopic (exact) mass is 235 g/mol. The zero-order valence-corrected chi connectivity index (χ0v) is 9.55. The molecular weight excluding hydrogens is 225 g/mol. The van der Waals surface area contributed by atoms with Crippen LogP contribution in [0.1, 0.15) is 21.1 Å². The van der Waals surface area contributed by atoms with E-state index in [1.165, 1.54) is 35.6 Å². The zero-order valence-electron chi connectivity index (χ0n) is 8.74. The largest absolute Gasteiger partial charge is 0.294 e. The highest BCUT2D eigenvalue weighted by molar-refractivity contribution is 7.09. The molecule has 16 heavy (non-hydrogen) atoms. The third-order valence-corrected chi connectivity index (χ3v) is 3.11. The van der Waals surface area contributed by atoms with Crippen molar-refractivity contribution in [1.82, 2.24) is 4.98 Å². The van der Waals surface area contributed by atoms with Crippen LogP contribution in [0.3, 0.4) is 0 Å². The summed E-state index contributed by atoms with van der Waals surface area (Å²) in [6, 6.07) is 5.58. The number of rotatable bonds is 3. The van der Waals surface area contributed by atoms with E-state index < -0.39 is 0 Å². The van der Waals surface area contributed by atoms with Crippen molar-refractivity contribution >= 4 is 17.1 Å². The quantitative estimate of drug-likeness (QED) is 0.765. The van der Waals surface area contributed by atoms with E-state index in [1.807, 2.05) is 12.3 Å². The summed E-state index contributed by atoms with van der Waals surface area (Å²) >= 11 is 1.47. The maximum absolute atomic E-state index is 12.7. The second kappa shape index (κ2) is 4.53. The van der Waals surface area contributed by atoms with Crippen molar-refractivity contribution in [1.29, 1.82) is 0 Å². The lowest BCUT2D eigenvalue weighted by molar-refractivity contribution is 0.0993. The van der Waals surface area contributed by atoms with Crippen LogP contribution in [0.25, 0.3) is 0 Å². The summed E-state index contributed by atoms with van der Waals surface area (Å²) in [5.74, 6) is -0.365. The Morgan fingerprint density at radius 2 is 2.06 bits per heavy atom. The maximum Gasteiger partial charge on any atom is 0.169 e. The van der Waals surface area contributed by atoms with Crippen molar-refractivity contribution in [3.63, 3.8) is 0 Å². The fourth-order valence-electron chi connectivity index (χ4n) is 1.36. The van der Waals surface area contributed by atoms with Crippen molar-refractivity contribution < 1.29 is 9.18 Å². The second-order valence-electron chi connectivity index (χ2n) is 3.49. The Balaban J connectivity index is 2.11. The van der Waals surface area contributed by atoms with Gasteiger partial charge in [0, 0.05) is 16.6 Å². The molecule has 1 aromatic carbocycles. The number of aryl methyl sites for hydroxylation is 1. The molecule has 1 heterocycles. The molecule has 4 heteroatoms. The molecule has 0 spiro atoms. The van der Waals surface area contributed by atoms with Crippen molar-refractivity contribution in [3.8, 4) is 0 Å². The van der Waals surface area contributed by atoms with Crippen molar-refractivity contribution in [2.75, 3.05) is 0 Å². The molecule has 0 aliphatic rings. The molecule has 0 amide bonds. The van der Waals surface area contributed by atoms with Gasteiger partial charge in [0.25, 0.3) is 0 Å². The lowest BCUT2D eigenvalue weighted by Gasteiger charge is -1.98. The first-order valence-electron chi connectivity index (χ1n) is 4.85. The van der Waals surface area contributed by atoms with Crippen LogP contribution < -0.4 is 0 Å². The summed E-state index contributed by atoms with van der Waals surface area (Å²) in [4.78, 5) is 16.0. The first-order chi connectivity index (χ1) is 7.65. The van der Waals surface area contributed by atoms with Crippen LogP contribution in [0, 0.1) is 12.7 Å². The highest BCUT2D eigenvalue weighted by Crippen LogP contribution is 2.13. The van der Waals surface area contributed by atoms with Gasteiger partial charge in [-0.3, -0.25) is 4.79 Å². The fraction of sp³-hybridized carbons (Fsp3) is 0.167. The van der Waals surface area contributed by atoms with Crippen LogP contribution in [0.5, 0.6) is 0 Å². The molecule has 1 aromatic heterocycles. The normalized spacial score (nSPS) is 10.4.